The standard InChI is InChI=1S/C22H30N4O2S/c1-15(2)16-8-10-17(11-9-16)23-20(27)14-29-21-18-6-5-7-19(18)26(22(28)24-21)13-12-25(3)4/h8-11,15H,5-7,12-14H2,1-4H3,(H,23,27). The average molecular weight is 415 g/mol. The fraction of sp³-hybridized carbons (Fsp3) is 0.500. The molecule has 156 valence electrons. The smallest absolute Gasteiger partial charge is 0.325 e. The highest BCUT2D eigenvalue weighted by Gasteiger charge is 2.22. The number of likely N-dealkylation sites (N-methyl/N-ethyl adjacent to an activating group) is 1. The van der Waals surface area contributed by atoms with Gasteiger partial charge >= 0.3 is 5.69 Å². The van der Waals surface area contributed by atoms with Crippen molar-refractivity contribution in [3.8, 4) is 0 Å². The van der Waals surface area contributed by atoms with Gasteiger partial charge in [0.05, 0.1) is 5.75 Å². The molecule has 3 rings (SSSR count). The normalized spacial score (nSPS) is 13.2. The lowest BCUT2D eigenvalue weighted by Crippen LogP contribution is -2.31. The molecule has 1 aromatic carbocycles. The van der Waals surface area contributed by atoms with E-state index in [1.54, 1.807) is 0 Å². The minimum atomic E-state index is -0.209. The molecule has 0 fully saturated rings. The monoisotopic (exact) mass is 414 g/mol. The van der Waals surface area contributed by atoms with Crippen LogP contribution < -0.4 is 11.0 Å². The van der Waals surface area contributed by atoms with Crippen molar-refractivity contribution < 1.29 is 4.79 Å². The van der Waals surface area contributed by atoms with Gasteiger partial charge in [0, 0.05) is 30.0 Å². The van der Waals surface area contributed by atoms with Crippen LogP contribution in [-0.2, 0) is 24.2 Å². The van der Waals surface area contributed by atoms with Crippen LogP contribution in [0, 0.1) is 0 Å². The topological polar surface area (TPSA) is 67.2 Å². The van der Waals surface area contributed by atoms with Crippen LogP contribution in [0.3, 0.4) is 0 Å². The summed E-state index contributed by atoms with van der Waals surface area (Å²) in [5, 5.41) is 3.64. The second-order valence-corrected chi connectivity index (χ2v) is 9.01. The molecule has 0 atom stereocenters. The summed E-state index contributed by atoms with van der Waals surface area (Å²) < 4.78 is 1.81. The van der Waals surface area contributed by atoms with Crippen LogP contribution in [-0.4, -0.2) is 46.8 Å². The van der Waals surface area contributed by atoms with Gasteiger partial charge in [0.1, 0.15) is 5.03 Å². The maximum absolute atomic E-state index is 12.6. The Morgan fingerprint density at radius 2 is 1.97 bits per heavy atom. The van der Waals surface area contributed by atoms with Crippen molar-refractivity contribution >= 4 is 23.4 Å². The molecule has 1 aromatic heterocycles. The fourth-order valence-electron chi connectivity index (χ4n) is 3.52. The van der Waals surface area contributed by atoms with E-state index in [-0.39, 0.29) is 17.3 Å². The molecule has 0 bridgehead atoms. The van der Waals surface area contributed by atoms with Gasteiger partial charge in [-0.2, -0.15) is 4.98 Å². The Bertz CT molecular complexity index is 920. The number of hydrogen-bond donors (Lipinski definition) is 1. The summed E-state index contributed by atoms with van der Waals surface area (Å²) in [5.41, 5.74) is 4.06. The third-order valence-electron chi connectivity index (χ3n) is 5.17. The van der Waals surface area contributed by atoms with Gasteiger partial charge in [-0.3, -0.25) is 9.36 Å². The zero-order valence-electron chi connectivity index (χ0n) is 17.7. The largest absolute Gasteiger partial charge is 0.348 e. The van der Waals surface area contributed by atoms with Gasteiger partial charge in [-0.05, 0) is 57.0 Å². The highest BCUT2D eigenvalue weighted by atomic mass is 32.2. The second kappa shape index (κ2) is 9.59. The number of benzene rings is 1. The van der Waals surface area contributed by atoms with Crippen molar-refractivity contribution in [1.82, 2.24) is 14.5 Å². The van der Waals surface area contributed by atoms with E-state index in [0.717, 1.165) is 42.8 Å². The number of hydrogen-bond acceptors (Lipinski definition) is 5. The van der Waals surface area contributed by atoms with Crippen LogP contribution in [0.4, 0.5) is 5.69 Å². The zero-order valence-corrected chi connectivity index (χ0v) is 18.5. The van der Waals surface area contributed by atoms with E-state index in [4.69, 9.17) is 0 Å². The maximum Gasteiger partial charge on any atom is 0.348 e. The Labute approximate surface area is 176 Å². The van der Waals surface area contributed by atoms with Crippen LogP contribution in [0.25, 0.3) is 0 Å². The third kappa shape index (κ3) is 5.48. The van der Waals surface area contributed by atoms with Crippen LogP contribution in [0.2, 0.25) is 0 Å². The fourth-order valence-corrected chi connectivity index (χ4v) is 4.40. The van der Waals surface area contributed by atoms with Gasteiger partial charge in [-0.25, -0.2) is 4.79 Å². The highest BCUT2D eigenvalue weighted by molar-refractivity contribution is 8.00. The maximum atomic E-state index is 12.6. The minimum Gasteiger partial charge on any atom is -0.325 e. The lowest BCUT2D eigenvalue weighted by molar-refractivity contribution is -0.113. The molecule has 29 heavy (non-hydrogen) atoms. The Morgan fingerprint density at radius 3 is 2.62 bits per heavy atom. The molecule has 0 unspecified atom stereocenters. The molecule has 1 aliphatic carbocycles. The van der Waals surface area contributed by atoms with E-state index in [1.165, 1.54) is 17.3 Å². The van der Waals surface area contributed by atoms with Crippen LogP contribution in [0.5, 0.6) is 0 Å². The van der Waals surface area contributed by atoms with Crippen LogP contribution in [0.15, 0.2) is 34.1 Å². The van der Waals surface area contributed by atoms with E-state index >= 15 is 0 Å². The van der Waals surface area contributed by atoms with E-state index < -0.39 is 0 Å². The van der Waals surface area contributed by atoms with Gasteiger partial charge in [0.25, 0.3) is 0 Å². The molecule has 6 nitrogen and oxygen atoms in total. The molecule has 1 amide bonds. The van der Waals surface area contributed by atoms with Gasteiger partial charge in [0.15, 0.2) is 0 Å². The van der Waals surface area contributed by atoms with E-state index in [1.807, 2.05) is 42.9 Å². The molecule has 1 heterocycles. The number of aromatic nitrogens is 2. The third-order valence-corrected chi connectivity index (χ3v) is 6.19. The first-order valence-corrected chi connectivity index (χ1v) is 11.1. The zero-order chi connectivity index (χ0) is 21.0. The van der Waals surface area contributed by atoms with E-state index in [2.05, 4.69) is 29.0 Å². The number of carbonyl (C=O) groups excluding carboxylic acids is 1. The quantitative estimate of drug-likeness (QED) is 0.531. The molecule has 7 heteroatoms. The minimum absolute atomic E-state index is 0.0855. The van der Waals surface area contributed by atoms with Crippen molar-refractivity contribution in [3.05, 3.63) is 51.6 Å². The molecule has 2 aromatic rings. The summed E-state index contributed by atoms with van der Waals surface area (Å²) >= 11 is 1.36. The van der Waals surface area contributed by atoms with Crippen LogP contribution >= 0.6 is 11.8 Å². The predicted molar refractivity (Wildman–Crippen MR) is 119 cm³/mol. The number of carbonyl (C=O) groups is 1. The SMILES string of the molecule is CC(C)c1ccc(NC(=O)CSc2nc(=O)n(CCN(C)C)c3c2CCC3)cc1. The first-order chi connectivity index (χ1) is 13.8. The van der Waals surface area contributed by atoms with E-state index in [0.29, 0.717) is 17.5 Å². The average Bonchev–Trinajstić information content (AvgIpc) is 3.15. The van der Waals surface area contributed by atoms with Gasteiger partial charge < -0.3 is 10.2 Å². The van der Waals surface area contributed by atoms with Gasteiger partial charge in [-0.15, -0.1) is 0 Å². The molecule has 0 aliphatic heterocycles. The first kappa shape index (κ1) is 21.6. The van der Waals surface area contributed by atoms with E-state index in [9.17, 15) is 9.59 Å². The van der Waals surface area contributed by atoms with Gasteiger partial charge in [0.2, 0.25) is 5.91 Å². The van der Waals surface area contributed by atoms with Gasteiger partial charge in [-0.1, -0.05) is 37.7 Å². The summed E-state index contributed by atoms with van der Waals surface area (Å²) in [7, 11) is 4.00. The number of amides is 1. The Hall–Kier alpha value is -2.12. The Morgan fingerprint density at radius 1 is 1.24 bits per heavy atom. The molecule has 0 saturated heterocycles. The molecule has 0 radical (unpaired) electrons. The summed E-state index contributed by atoms with van der Waals surface area (Å²) in [6.07, 6.45) is 2.86. The lowest BCUT2D eigenvalue weighted by Gasteiger charge is -2.16. The molecule has 0 spiro atoms. The van der Waals surface area contributed by atoms with Crippen molar-refractivity contribution in [2.75, 3.05) is 31.7 Å². The molecular weight excluding hydrogens is 384 g/mol. The molecule has 1 aliphatic rings. The molecule has 1 N–H and O–H groups in total. The molecule has 0 saturated carbocycles. The Balaban J connectivity index is 1.66. The number of anilines is 1. The number of rotatable bonds is 8. The first-order valence-electron chi connectivity index (χ1n) is 10.1. The lowest BCUT2D eigenvalue weighted by atomic mass is 10.0. The number of nitrogens with zero attached hydrogens (tertiary/aromatic N) is 3. The molecular formula is C22H30N4O2S. The van der Waals surface area contributed by atoms with Crippen molar-refractivity contribution in [2.24, 2.45) is 0 Å². The summed E-state index contributed by atoms with van der Waals surface area (Å²) in [5.74, 6) is 0.618. The number of thioether (sulfide) groups is 1. The van der Waals surface area contributed by atoms with Crippen molar-refractivity contribution in [3.63, 3.8) is 0 Å². The van der Waals surface area contributed by atoms with Crippen LogP contribution in [0.1, 0.15) is 43.0 Å². The predicted octanol–water partition coefficient (Wildman–Crippen LogP) is 3.15. The second-order valence-electron chi connectivity index (χ2n) is 8.05. The van der Waals surface area contributed by atoms with Crippen molar-refractivity contribution in [1.29, 1.82) is 0 Å². The summed E-state index contributed by atoms with van der Waals surface area (Å²) in [4.78, 5) is 31.3. The Kier molecular flexibility index (Phi) is 7.14. The number of nitrogens with one attached hydrogen (secondary N) is 1. The summed E-state index contributed by atoms with van der Waals surface area (Å²) in [6, 6.07) is 7.93. The van der Waals surface area contributed by atoms with Crippen molar-refractivity contribution in [2.45, 2.75) is 50.6 Å². The number of fused-ring (bicyclic) bond motifs is 1. The highest BCUT2D eigenvalue weighted by Crippen LogP contribution is 2.29. The summed E-state index contributed by atoms with van der Waals surface area (Å²) in [6.45, 7) is 5.74.